The molecule has 0 saturated heterocycles. The summed E-state index contributed by atoms with van der Waals surface area (Å²) >= 11 is 3.51. The zero-order valence-electron chi connectivity index (χ0n) is 12.5. The van der Waals surface area contributed by atoms with Gasteiger partial charge < -0.3 is 4.74 Å². The largest absolute Gasteiger partial charge is 0.480 e. The summed E-state index contributed by atoms with van der Waals surface area (Å²) in [6.07, 6.45) is 1.83. The van der Waals surface area contributed by atoms with Crippen molar-refractivity contribution in [1.82, 2.24) is 9.97 Å². The van der Waals surface area contributed by atoms with Gasteiger partial charge in [0, 0.05) is 16.4 Å². The number of methoxy groups -OCH3 is 1. The third kappa shape index (κ3) is 2.70. The highest BCUT2D eigenvalue weighted by molar-refractivity contribution is 9.10. The molecule has 2 heterocycles. The van der Waals surface area contributed by atoms with E-state index in [0.29, 0.717) is 11.8 Å². The van der Waals surface area contributed by atoms with Crippen LogP contribution >= 0.6 is 15.9 Å². The Kier molecular flexibility index (Phi) is 4.43. The van der Waals surface area contributed by atoms with Gasteiger partial charge in [-0.1, -0.05) is 13.8 Å². The number of halogens is 1. The second kappa shape index (κ2) is 5.92. The minimum atomic E-state index is 0.374. The predicted molar refractivity (Wildman–Crippen MR) is 85.3 cm³/mol. The van der Waals surface area contributed by atoms with E-state index in [1.165, 1.54) is 5.56 Å². The molecule has 20 heavy (non-hydrogen) atoms. The zero-order valence-corrected chi connectivity index (χ0v) is 14.1. The fraction of sp³-hybridized carbons (Fsp3) is 0.375. The van der Waals surface area contributed by atoms with Gasteiger partial charge in [-0.15, -0.1) is 0 Å². The van der Waals surface area contributed by atoms with Crippen LogP contribution in [0, 0.1) is 13.8 Å². The maximum absolute atomic E-state index is 5.45. The van der Waals surface area contributed by atoms with E-state index in [4.69, 9.17) is 4.74 Å². The standard InChI is InChI=1S/C16H19BrN2O/c1-9(2)14-7-6-12(16(19-14)20-5)15-11(4)10(3)13(17)8-18-15/h6-9H,1-5H3. The average molecular weight is 335 g/mol. The van der Waals surface area contributed by atoms with E-state index < -0.39 is 0 Å². The van der Waals surface area contributed by atoms with Crippen LogP contribution in [0.5, 0.6) is 5.88 Å². The van der Waals surface area contributed by atoms with Crippen molar-refractivity contribution >= 4 is 15.9 Å². The molecule has 0 bridgehead atoms. The van der Waals surface area contributed by atoms with Crippen molar-refractivity contribution < 1.29 is 4.74 Å². The topological polar surface area (TPSA) is 35.0 Å². The number of ether oxygens (including phenoxy) is 1. The maximum atomic E-state index is 5.45. The first-order chi connectivity index (χ1) is 9.45. The van der Waals surface area contributed by atoms with E-state index in [0.717, 1.165) is 27.0 Å². The molecule has 0 atom stereocenters. The highest BCUT2D eigenvalue weighted by Gasteiger charge is 2.15. The van der Waals surface area contributed by atoms with Gasteiger partial charge in [-0.05, 0) is 59.0 Å². The number of pyridine rings is 2. The minimum Gasteiger partial charge on any atom is -0.480 e. The van der Waals surface area contributed by atoms with Crippen LogP contribution in [-0.4, -0.2) is 17.1 Å². The van der Waals surface area contributed by atoms with Crippen molar-refractivity contribution in [1.29, 1.82) is 0 Å². The lowest BCUT2D eigenvalue weighted by Gasteiger charge is -2.14. The van der Waals surface area contributed by atoms with E-state index in [9.17, 15) is 0 Å². The van der Waals surface area contributed by atoms with Crippen molar-refractivity contribution in [3.05, 3.63) is 39.6 Å². The summed E-state index contributed by atoms with van der Waals surface area (Å²) < 4.78 is 6.47. The summed E-state index contributed by atoms with van der Waals surface area (Å²) in [4.78, 5) is 9.11. The maximum Gasteiger partial charge on any atom is 0.222 e. The summed E-state index contributed by atoms with van der Waals surface area (Å²) in [6.45, 7) is 8.38. The van der Waals surface area contributed by atoms with E-state index in [1.54, 1.807) is 7.11 Å². The molecule has 3 nitrogen and oxygen atoms in total. The Hall–Kier alpha value is -1.42. The molecule has 2 aromatic rings. The third-order valence-corrected chi connectivity index (χ3v) is 4.30. The Morgan fingerprint density at radius 3 is 2.45 bits per heavy atom. The molecule has 0 spiro atoms. The highest BCUT2D eigenvalue weighted by Crippen LogP contribution is 2.33. The fourth-order valence-corrected chi connectivity index (χ4v) is 2.46. The van der Waals surface area contributed by atoms with Gasteiger partial charge in [-0.2, -0.15) is 0 Å². The summed E-state index contributed by atoms with van der Waals surface area (Å²) in [5, 5.41) is 0. The van der Waals surface area contributed by atoms with Crippen molar-refractivity contribution in [2.75, 3.05) is 7.11 Å². The smallest absolute Gasteiger partial charge is 0.222 e. The van der Waals surface area contributed by atoms with Crippen LogP contribution in [0.15, 0.2) is 22.8 Å². The Morgan fingerprint density at radius 1 is 1.15 bits per heavy atom. The van der Waals surface area contributed by atoms with Crippen LogP contribution in [0.1, 0.15) is 36.6 Å². The lowest BCUT2D eigenvalue weighted by Crippen LogP contribution is -2.00. The first-order valence-electron chi connectivity index (χ1n) is 6.62. The van der Waals surface area contributed by atoms with Crippen LogP contribution in [0.25, 0.3) is 11.3 Å². The highest BCUT2D eigenvalue weighted by atomic mass is 79.9. The lowest BCUT2D eigenvalue weighted by molar-refractivity contribution is 0.397. The van der Waals surface area contributed by atoms with Gasteiger partial charge in [0.05, 0.1) is 18.4 Å². The van der Waals surface area contributed by atoms with Gasteiger partial charge >= 0.3 is 0 Å². The van der Waals surface area contributed by atoms with E-state index in [-0.39, 0.29) is 0 Å². The Morgan fingerprint density at radius 2 is 1.85 bits per heavy atom. The second-order valence-corrected chi connectivity index (χ2v) is 6.01. The Bertz CT molecular complexity index is 639. The molecule has 0 amide bonds. The molecular weight excluding hydrogens is 316 g/mol. The Balaban J connectivity index is 2.61. The van der Waals surface area contributed by atoms with Crippen molar-refractivity contribution in [3.63, 3.8) is 0 Å². The normalized spacial score (nSPS) is 10.9. The van der Waals surface area contributed by atoms with E-state index in [2.05, 4.69) is 53.6 Å². The first kappa shape index (κ1) is 15.0. The number of rotatable bonds is 3. The monoisotopic (exact) mass is 334 g/mol. The number of hydrogen-bond acceptors (Lipinski definition) is 3. The molecule has 0 saturated carbocycles. The van der Waals surface area contributed by atoms with Crippen molar-refractivity contribution in [3.8, 4) is 17.1 Å². The Labute approximate surface area is 128 Å². The molecule has 4 heteroatoms. The van der Waals surface area contributed by atoms with Gasteiger partial charge in [0.2, 0.25) is 5.88 Å². The second-order valence-electron chi connectivity index (χ2n) is 5.15. The van der Waals surface area contributed by atoms with E-state index >= 15 is 0 Å². The predicted octanol–water partition coefficient (Wildman–Crippen LogP) is 4.65. The number of nitrogens with zero attached hydrogens (tertiary/aromatic N) is 2. The number of aromatic nitrogens is 2. The molecule has 0 unspecified atom stereocenters. The summed E-state index contributed by atoms with van der Waals surface area (Å²) in [5.74, 6) is 1.01. The quantitative estimate of drug-likeness (QED) is 0.819. The average Bonchev–Trinajstić information content (AvgIpc) is 2.44. The summed E-state index contributed by atoms with van der Waals surface area (Å²) in [6, 6.07) is 4.09. The molecule has 0 aliphatic rings. The molecule has 106 valence electrons. The van der Waals surface area contributed by atoms with Gasteiger partial charge in [-0.3, -0.25) is 4.98 Å². The lowest BCUT2D eigenvalue weighted by atomic mass is 10.0. The number of hydrogen-bond donors (Lipinski definition) is 0. The van der Waals surface area contributed by atoms with Gasteiger partial charge in [0.25, 0.3) is 0 Å². The minimum absolute atomic E-state index is 0.374. The van der Waals surface area contributed by atoms with E-state index in [1.807, 2.05) is 18.3 Å². The molecule has 0 aromatic carbocycles. The SMILES string of the molecule is COc1nc(C(C)C)ccc1-c1ncc(Br)c(C)c1C. The zero-order chi connectivity index (χ0) is 14.9. The van der Waals surface area contributed by atoms with Crippen LogP contribution in [0.4, 0.5) is 0 Å². The summed E-state index contributed by atoms with van der Waals surface area (Å²) in [7, 11) is 1.65. The van der Waals surface area contributed by atoms with Crippen LogP contribution in [-0.2, 0) is 0 Å². The van der Waals surface area contributed by atoms with Gasteiger partial charge in [-0.25, -0.2) is 4.98 Å². The van der Waals surface area contributed by atoms with Crippen LogP contribution in [0.3, 0.4) is 0 Å². The van der Waals surface area contributed by atoms with Crippen LogP contribution < -0.4 is 4.74 Å². The molecule has 0 aliphatic heterocycles. The van der Waals surface area contributed by atoms with Gasteiger partial charge in [0.1, 0.15) is 0 Å². The van der Waals surface area contributed by atoms with Crippen LogP contribution in [0.2, 0.25) is 0 Å². The molecule has 2 aromatic heterocycles. The van der Waals surface area contributed by atoms with Crippen molar-refractivity contribution in [2.45, 2.75) is 33.6 Å². The third-order valence-electron chi connectivity index (χ3n) is 3.50. The summed E-state index contributed by atoms with van der Waals surface area (Å²) in [5.41, 5.74) is 5.20. The molecule has 0 N–H and O–H groups in total. The molecule has 2 rings (SSSR count). The fourth-order valence-electron chi connectivity index (χ4n) is 2.06. The molecule has 0 fully saturated rings. The van der Waals surface area contributed by atoms with Crippen molar-refractivity contribution in [2.24, 2.45) is 0 Å². The first-order valence-corrected chi connectivity index (χ1v) is 7.42. The molecule has 0 aliphatic carbocycles. The van der Waals surface area contributed by atoms with Gasteiger partial charge in [0.15, 0.2) is 0 Å². The molecule has 0 radical (unpaired) electrons. The molecular formula is C16H19BrN2O.